The molecule has 1 aliphatic heterocycles. The summed E-state index contributed by atoms with van der Waals surface area (Å²) in [5.74, 6) is 0.316. The first-order chi connectivity index (χ1) is 11.7. The third-order valence-corrected chi connectivity index (χ3v) is 7.08. The van der Waals surface area contributed by atoms with E-state index in [4.69, 9.17) is 32.7 Å². The van der Waals surface area contributed by atoms with Crippen LogP contribution in [0.4, 0.5) is 0 Å². The largest absolute Gasteiger partial charge is 0.378 e. The molecule has 2 atom stereocenters. The second-order valence-corrected chi connectivity index (χ2v) is 8.90. The second kappa shape index (κ2) is 9.97. The zero-order chi connectivity index (χ0) is 16.8. The standard InChI is InChI=1S/C19H33Cl2NO2/c20-18-4-3-5-19(21)17(18)14-24-16-8-6-15(7-9-16)23-13-12-22-10-1-2-11-22/h15-19H,1-14H2. The molecule has 3 rings (SSSR count). The Hall–Kier alpha value is 0.460. The molecule has 0 aromatic heterocycles. The van der Waals surface area contributed by atoms with Crippen LogP contribution >= 0.6 is 23.2 Å². The summed E-state index contributed by atoms with van der Waals surface area (Å²) in [7, 11) is 0. The summed E-state index contributed by atoms with van der Waals surface area (Å²) in [5, 5.41) is 0.373. The van der Waals surface area contributed by atoms with E-state index in [1.807, 2.05) is 0 Å². The van der Waals surface area contributed by atoms with Gasteiger partial charge in [-0.1, -0.05) is 6.42 Å². The summed E-state index contributed by atoms with van der Waals surface area (Å²) >= 11 is 12.9. The maximum atomic E-state index is 6.44. The Bertz CT molecular complexity index is 347. The van der Waals surface area contributed by atoms with E-state index >= 15 is 0 Å². The van der Waals surface area contributed by atoms with Crippen LogP contribution in [0.1, 0.15) is 57.8 Å². The molecule has 2 saturated carbocycles. The minimum absolute atomic E-state index is 0.187. The highest BCUT2D eigenvalue weighted by Crippen LogP contribution is 2.34. The van der Waals surface area contributed by atoms with Gasteiger partial charge in [0.1, 0.15) is 0 Å². The van der Waals surface area contributed by atoms with Gasteiger partial charge in [0.05, 0.1) is 25.4 Å². The third kappa shape index (κ3) is 5.74. The minimum atomic E-state index is 0.187. The molecule has 2 aliphatic carbocycles. The summed E-state index contributed by atoms with van der Waals surface area (Å²) in [5.41, 5.74) is 0. The summed E-state index contributed by atoms with van der Waals surface area (Å²) in [6.07, 6.45) is 11.3. The lowest BCUT2D eigenvalue weighted by molar-refractivity contribution is -0.0441. The topological polar surface area (TPSA) is 21.7 Å². The van der Waals surface area contributed by atoms with Crippen molar-refractivity contribution < 1.29 is 9.47 Å². The number of ether oxygens (including phenoxy) is 2. The van der Waals surface area contributed by atoms with Gasteiger partial charge in [-0.3, -0.25) is 0 Å². The van der Waals surface area contributed by atoms with Crippen LogP contribution in [0, 0.1) is 5.92 Å². The van der Waals surface area contributed by atoms with E-state index < -0.39 is 0 Å². The summed E-state index contributed by atoms with van der Waals surface area (Å²) in [6.45, 7) is 5.24. The van der Waals surface area contributed by atoms with Crippen molar-refractivity contribution in [3.8, 4) is 0 Å². The van der Waals surface area contributed by atoms with Crippen molar-refractivity contribution >= 4 is 23.2 Å². The molecule has 0 radical (unpaired) electrons. The smallest absolute Gasteiger partial charge is 0.0597 e. The molecule has 5 heteroatoms. The van der Waals surface area contributed by atoms with Crippen LogP contribution < -0.4 is 0 Å². The van der Waals surface area contributed by atoms with Gasteiger partial charge in [0, 0.05) is 23.2 Å². The second-order valence-electron chi connectivity index (χ2n) is 7.78. The molecular weight excluding hydrogens is 345 g/mol. The molecule has 2 unspecified atom stereocenters. The summed E-state index contributed by atoms with van der Waals surface area (Å²) < 4.78 is 12.2. The van der Waals surface area contributed by atoms with Gasteiger partial charge in [0.2, 0.25) is 0 Å². The number of likely N-dealkylation sites (tertiary alicyclic amines) is 1. The van der Waals surface area contributed by atoms with Gasteiger partial charge in [-0.25, -0.2) is 0 Å². The summed E-state index contributed by atoms with van der Waals surface area (Å²) in [6, 6.07) is 0. The molecule has 0 aromatic rings. The third-order valence-electron chi connectivity index (χ3n) is 5.99. The van der Waals surface area contributed by atoms with Gasteiger partial charge in [-0.05, 0) is 64.5 Å². The molecule has 3 nitrogen and oxygen atoms in total. The van der Waals surface area contributed by atoms with Crippen molar-refractivity contribution in [1.29, 1.82) is 0 Å². The fraction of sp³-hybridized carbons (Fsp3) is 1.00. The number of hydrogen-bond acceptors (Lipinski definition) is 3. The van der Waals surface area contributed by atoms with Crippen molar-refractivity contribution in [2.24, 2.45) is 5.92 Å². The van der Waals surface area contributed by atoms with E-state index in [0.29, 0.717) is 18.1 Å². The Morgan fingerprint density at radius 2 is 1.33 bits per heavy atom. The van der Waals surface area contributed by atoms with E-state index in [1.54, 1.807) is 0 Å². The maximum Gasteiger partial charge on any atom is 0.0597 e. The lowest BCUT2D eigenvalue weighted by Gasteiger charge is -2.34. The predicted molar refractivity (Wildman–Crippen MR) is 100 cm³/mol. The molecule has 1 heterocycles. The van der Waals surface area contributed by atoms with Crippen LogP contribution in [0.25, 0.3) is 0 Å². The molecular formula is C19H33Cl2NO2. The van der Waals surface area contributed by atoms with Crippen molar-refractivity contribution in [3.05, 3.63) is 0 Å². The molecule has 3 aliphatic rings. The zero-order valence-electron chi connectivity index (χ0n) is 14.8. The van der Waals surface area contributed by atoms with E-state index in [-0.39, 0.29) is 10.8 Å². The number of halogens is 2. The van der Waals surface area contributed by atoms with E-state index in [9.17, 15) is 0 Å². The van der Waals surface area contributed by atoms with Gasteiger partial charge in [-0.2, -0.15) is 0 Å². The molecule has 24 heavy (non-hydrogen) atoms. The highest BCUT2D eigenvalue weighted by molar-refractivity contribution is 6.24. The van der Waals surface area contributed by atoms with E-state index in [1.165, 1.54) is 25.9 Å². The van der Waals surface area contributed by atoms with Crippen LogP contribution in [0.15, 0.2) is 0 Å². The Morgan fingerprint density at radius 3 is 1.96 bits per heavy atom. The maximum absolute atomic E-state index is 6.44. The van der Waals surface area contributed by atoms with Gasteiger partial charge < -0.3 is 14.4 Å². The molecule has 1 saturated heterocycles. The average Bonchev–Trinajstić information content (AvgIpc) is 3.09. The van der Waals surface area contributed by atoms with Crippen molar-refractivity contribution in [3.63, 3.8) is 0 Å². The highest BCUT2D eigenvalue weighted by atomic mass is 35.5. The first-order valence-corrected chi connectivity index (χ1v) is 10.8. The molecule has 0 amide bonds. The fourth-order valence-corrected chi connectivity index (χ4v) is 5.22. The fourth-order valence-electron chi connectivity index (χ4n) is 4.34. The van der Waals surface area contributed by atoms with E-state index in [0.717, 1.165) is 64.7 Å². The number of rotatable bonds is 7. The quantitative estimate of drug-likeness (QED) is 0.612. The molecule has 3 fully saturated rings. The van der Waals surface area contributed by atoms with Crippen LogP contribution in [0.2, 0.25) is 0 Å². The van der Waals surface area contributed by atoms with E-state index in [2.05, 4.69) is 4.90 Å². The number of hydrogen-bond donors (Lipinski definition) is 0. The Balaban J connectivity index is 1.27. The molecule has 0 spiro atoms. The predicted octanol–water partition coefficient (Wildman–Crippen LogP) is 4.44. The Morgan fingerprint density at radius 1 is 0.750 bits per heavy atom. The van der Waals surface area contributed by atoms with Crippen molar-refractivity contribution in [1.82, 2.24) is 4.90 Å². The SMILES string of the molecule is ClC1CCCC(Cl)C1COC1CCC(OCCN2CCCC2)CC1. The van der Waals surface area contributed by atoms with Gasteiger partial charge in [0.25, 0.3) is 0 Å². The minimum Gasteiger partial charge on any atom is -0.378 e. The van der Waals surface area contributed by atoms with Gasteiger partial charge in [0.15, 0.2) is 0 Å². The molecule has 0 bridgehead atoms. The highest BCUT2D eigenvalue weighted by Gasteiger charge is 2.32. The number of nitrogens with zero attached hydrogens (tertiary/aromatic N) is 1. The Kier molecular flexibility index (Phi) is 7.98. The lowest BCUT2D eigenvalue weighted by Crippen LogP contribution is -2.36. The van der Waals surface area contributed by atoms with Gasteiger partial charge >= 0.3 is 0 Å². The lowest BCUT2D eigenvalue weighted by atomic mass is 9.88. The first kappa shape index (κ1) is 19.2. The van der Waals surface area contributed by atoms with Crippen molar-refractivity contribution in [2.45, 2.75) is 80.7 Å². The average molecular weight is 378 g/mol. The van der Waals surface area contributed by atoms with Crippen LogP contribution in [0.5, 0.6) is 0 Å². The van der Waals surface area contributed by atoms with Crippen LogP contribution in [-0.2, 0) is 9.47 Å². The number of alkyl halides is 2. The molecule has 0 aromatic carbocycles. The van der Waals surface area contributed by atoms with Crippen LogP contribution in [-0.4, -0.2) is 60.7 Å². The van der Waals surface area contributed by atoms with Gasteiger partial charge in [-0.15, -0.1) is 23.2 Å². The normalized spacial score (nSPS) is 38.5. The summed E-state index contributed by atoms with van der Waals surface area (Å²) in [4.78, 5) is 2.52. The van der Waals surface area contributed by atoms with Crippen LogP contribution in [0.3, 0.4) is 0 Å². The Labute approximate surface area is 157 Å². The zero-order valence-corrected chi connectivity index (χ0v) is 16.3. The van der Waals surface area contributed by atoms with Crippen molar-refractivity contribution in [2.75, 3.05) is 32.8 Å². The first-order valence-electron chi connectivity index (χ1n) is 9.96. The molecule has 0 N–H and O–H groups in total. The molecule has 140 valence electrons. The monoisotopic (exact) mass is 377 g/mol.